The fourth-order valence-corrected chi connectivity index (χ4v) is 3.74. The van der Waals surface area contributed by atoms with Crippen LogP contribution in [0.1, 0.15) is 22.3 Å². The van der Waals surface area contributed by atoms with E-state index in [9.17, 15) is 14.4 Å². The molecule has 0 bridgehead atoms. The molecule has 2 aromatic rings. The summed E-state index contributed by atoms with van der Waals surface area (Å²) < 4.78 is 6.53. The van der Waals surface area contributed by atoms with Crippen LogP contribution in [0.4, 0.5) is 10.9 Å². The molecular weight excluding hydrogens is 390 g/mol. The Morgan fingerprint density at radius 1 is 1.48 bits per heavy atom. The van der Waals surface area contributed by atoms with Gasteiger partial charge in [0, 0.05) is 12.6 Å². The van der Waals surface area contributed by atoms with Crippen LogP contribution in [0.5, 0.6) is 0 Å². The number of esters is 1. The van der Waals surface area contributed by atoms with E-state index in [-0.39, 0.29) is 24.1 Å². The summed E-state index contributed by atoms with van der Waals surface area (Å²) in [6.45, 7) is 7.63. The van der Waals surface area contributed by atoms with Crippen molar-refractivity contribution in [3.63, 3.8) is 0 Å². The number of nitrogens with one attached hydrogen (secondary N) is 1. The van der Waals surface area contributed by atoms with Gasteiger partial charge in [-0.05, 0) is 13.8 Å². The highest BCUT2D eigenvalue weighted by Crippen LogP contribution is 2.24. The van der Waals surface area contributed by atoms with E-state index < -0.39 is 11.5 Å². The van der Waals surface area contributed by atoms with Gasteiger partial charge in [-0.3, -0.25) is 9.59 Å². The van der Waals surface area contributed by atoms with Crippen LogP contribution < -0.4 is 16.6 Å². The molecule has 0 saturated heterocycles. The van der Waals surface area contributed by atoms with E-state index in [1.807, 2.05) is 0 Å². The van der Waals surface area contributed by atoms with Crippen molar-refractivity contribution in [2.24, 2.45) is 0 Å². The van der Waals surface area contributed by atoms with Crippen molar-refractivity contribution in [1.82, 2.24) is 14.5 Å². The average molecular weight is 409 g/mol. The van der Waals surface area contributed by atoms with E-state index in [1.54, 1.807) is 24.5 Å². The lowest BCUT2D eigenvalue weighted by atomic mass is 10.4. The van der Waals surface area contributed by atoms with Gasteiger partial charge in [-0.25, -0.2) is 9.78 Å². The molecule has 0 radical (unpaired) electrons. The molecule has 0 spiro atoms. The van der Waals surface area contributed by atoms with Gasteiger partial charge in [0.05, 0.1) is 18.1 Å². The molecule has 2 heterocycles. The number of rotatable bonds is 8. The van der Waals surface area contributed by atoms with E-state index in [2.05, 4.69) is 21.9 Å². The number of nitrogens with zero attached hydrogens (tertiary/aromatic N) is 3. The van der Waals surface area contributed by atoms with Crippen molar-refractivity contribution in [2.45, 2.75) is 25.5 Å². The number of ether oxygens (including phenoxy) is 1. The average Bonchev–Trinajstić information content (AvgIpc) is 2.96. The zero-order valence-corrected chi connectivity index (χ0v) is 16.5. The second kappa shape index (κ2) is 9.33. The number of thiazole rings is 1. The van der Waals surface area contributed by atoms with E-state index >= 15 is 0 Å². The highest BCUT2D eigenvalue weighted by molar-refractivity contribution is 7.99. The number of aryl methyl sites for hydroxylation is 1. The van der Waals surface area contributed by atoms with Gasteiger partial charge in [-0.1, -0.05) is 29.2 Å². The minimum absolute atomic E-state index is 0.0135. The molecule has 0 aromatic carbocycles. The van der Waals surface area contributed by atoms with Crippen molar-refractivity contribution in [1.29, 1.82) is 0 Å². The van der Waals surface area contributed by atoms with Gasteiger partial charge in [-0.2, -0.15) is 4.98 Å². The normalized spacial score (nSPS) is 10.4. The lowest BCUT2D eigenvalue weighted by Crippen LogP contribution is -2.19. The maximum Gasteiger partial charge on any atom is 0.350 e. The number of nitrogen functional groups attached to an aromatic ring is 1. The summed E-state index contributed by atoms with van der Waals surface area (Å²) in [5, 5.41) is 3.24. The van der Waals surface area contributed by atoms with Gasteiger partial charge >= 0.3 is 5.97 Å². The van der Waals surface area contributed by atoms with Gasteiger partial charge in [0.15, 0.2) is 10.3 Å². The third-order valence-electron chi connectivity index (χ3n) is 3.17. The second-order valence-corrected chi connectivity index (χ2v) is 7.13. The molecule has 1 amide bonds. The Morgan fingerprint density at radius 2 is 2.22 bits per heavy atom. The predicted molar refractivity (Wildman–Crippen MR) is 105 cm³/mol. The summed E-state index contributed by atoms with van der Waals surface area (Å²) in [6, 6.07) is 1.21. The number of anilines is 2. The van der Waals surface area contributed by atoms with E-state index in [0.717, 1.165) is 23.1 Å². The first-order valence-corrected chi connectivity index (χ1v) is 9.71. The molecule has 0 aliphatic carbocycles. The number of carbonyl (C=O) groups excluding carboxylic acids is 2. The number of hydrogen-bond acceptors (Lipinski definition) is 9. The fraction of sp³-hybridized carbons (Fsp3) is 0.312. The molecule has 144 valence electrons. The van der Waals surface area contributed by atoms with Crippen molar-refractivity contribution in [2.75, 3.05) is 23.4 Å². The first-order valence-electron chi connectivity index (χ1n) is 7.91. The molecule has 0 saturated carbocycles. The van der Waals surface area contributed by atoms with Crippen LogP contribution in [-0.2, 0) is 16.1 Å². The predicted octanol–water partition coefficient (Wildman–Crippen LogP) is 1.68. The topological polar surface area (TPSA) is 129 Å². The number of carbonyl (C=O) groups is 2. The van der Waals surface area contributed by atoms with E-state index in [4.69, 9.17) is 10.5 Å². The maximum absolute atomic E-state index is 12.2. The molecule has 0 unspecified atom stereocenters. The van der Waals surface area contributed by atoms with Crippen LogP contribution >= 0.6 is 23.1 Å². The number of thioether (sulfide) groups is 1. The van der Waals surface area contributed by atoms with Crippen LogP contribution in [0.3, 0.4) is 0 Å². The molecule has 0 aliphatic rings. The molecule has 27 heavy (non-hydrogen) atoms. The van der Waals surface area contributed by atoms with E-state index in [0.29, 0.717) is 27.4 Å². The maximum atomic E-state index is 12.2. The lowest BCUT2D eigenvalue weighted by Gasteiger charge is -2.12. The van der Waals surface area contributed by atoms with Crippen molar-refractivity contribution >= 4 is 45.9 Å². The first-order chi connectivity index (χ1) is 12.8. The molecule has 0 fully saturated rings. The highest BCUT2D eigenvalue weighted by Gasteiger charge is 2.18. The third-order valence-corrected chi connectivity index (χ3v) is 5.20. The monoisotopic (exact) mass is 409 g/mol. The summed E-state index contributed by atoms with van der Waals surface area (Å²) in [5.41, 5.74) is 5.82. The van der Waals surface area contributed by atoms with Crippen LogP contribution in [0.2, 0.25) is 0 Å². The summed E-state index contributed by atoms with van der Waals surface area (Å²) in [5.74, 6) is -0.598. The molecule has 3 N–H and O–H groups in total. The lowest BCUT2D eigenvalue weighted by molar-refractivity contribution is -0.113. The zero-order valence-electron chi connectivity index (χ0n) is 14.9. The van der Waals surface area contributed by atoms with Gasteiger partial charge in [0.2, 0.25) is 5.91 Å². The zero-order chi connectivity index (χ0) is 20.0. The molecule has 11 heteroatoms. The second-order valence-electron chi connectivity index (χ2n) is 5.19. The molecule has 2 rings (SSSR count). The third kappa shape index (κ3) is 5.41. The molecule has 9 nitrogen and oxygen atoms in total. The van der Waals surface area contributed by atoms with Crippen LogP contribution in [-0.4, -0.2) is 38.8 Å². The summed E-state index contributed by atoms with van der Waals surface area (Å²) in [6.07, 6.45) is 1.61. The summed E-state index contributed by atoms with van der Waals surface area (Å²) in [7, 11) is 0. The van der Waals surface area contributed by atoms with Crippen LogP contribution in [0.15, 0.2) is 28.7 Å². The van der Waals surface area contributed by atoms with Gasteiger partial charge < -0.3 is 20.4 Å². The summed E-state index contributed by atoms with van der Waals surface area (Å²) >= 11 is 2.11. The van der Waals surface area contributed by atoms with E-state index in [1.165, 1.54) is 6.07 Å². The number of hydrogen-bond donors (Lipinski definition) is 2. The Morgan fingerprint density at radius 3 is 2.89 bits per heavy atom. The number of allylic oxidation sites excluding steroid dienone is 1. The summed E-state index contributed by atoms with van der Waals surface area (Å²) in [4.78, 5) is 43.9. The number of nitrogens with two attached hydrogens (primary N) is 1. The Labute approximate surface area is 163 Å². The molecule has 0 aliphatic heterocycles. The smallest absolute Gasteiger partial charge is 0.350 e. The Balaban J connectivity index is 2.05. The molecule has 2 aromatic heterocycles. The number of aromatic nitrogens is 3. The Hall–Kier alpha value is -2.66. The highest BCUT2D eigenvalue weighted by atomic mass is 32.2. The quantitative estimate of drug-likeness (QED) is 0.292. The number of amides is 1. The van der Waals surface area contributed by atoms with Crippen molar-refractivity contribution in [3.8, 4) is 0 Å². The molecular formula is C16H19N5O4S2. The van der Waals surface area contributed by atoms with Gasteiger partial charge in [0.25, 0.3) is 5.56 Å². The Bertz CT molecular complexity index is 922. The van der Waals surface area contributed by atoms with Crippen molar-refractivity contribution < 1.29 is 14.3 Å². The van der Waals surface area contributed by atoms with Gasteiger partial charge in [-0.15, -0.1) is 6.58 Å². The fourth-order valence-electron chi connectivity index (χ4n) is 2.05. The van der Waals surface area contributed by atoms with Crippen LogP contribution in [0.25, 0.3) is 0 Å². The van der Waals surface area contributed by atoms with Crippen molar-refractivity contribution in [3.05, 3.63) is 39.6 Å². The first kappa shape index (κ1) is 20.6. The minimum Gasteiger partial charge on any atom is -0.462 e. The SMILES string of the molecule is C=CCn1c(N)cc(=O)nc1SCC(=O)Nc1nc(C)c(C(=O)OCC)s1. The van der Waals surface area contributed by atoms with Crippen LogP contribution in [0, 0.1) is 6.92 Å². The largest absolute Gasteiger partial charge is 0.462 e. The Kier molecular flexibility index (Phi) is 7.13. The minimum atomic E-state index is -0.481. The standard InChI is InChI=1S/C16H19N5O4S2/c1-4-6-21-10(17)7-11(22)20-16(21)26-8-12(23)19-15-18-9(3)13(27-15)14(24)25-5-2/h4,7H,1,5-6,8,17H2,2-3H3,(H,18,19,23). The van der Waals surface area contributed by atoms with Gasteiger partial charge in [0.1, 0.15) is 10.7 Å². The molecule has 0 atom stereocenters.